The summed E-state index contributed by atoms with van der Waals surface area (Å²) in [5.41, 5.74) is 6.88. The fraction of sp³-hybridized carbons (Fsp3) is 0.0625. The monoisotopic (exact) mass is 365 g/mol. The summed E-state index contributed by atoms with van der Waals surface area (Å²) in [6.45, 7) is 0.434. The number of carbonyl (C=O) groups is 1. The van der Waals surface area contributed by atoms with Crippen LogP contribution in [0.5, 0.6) is 5.75 Å². The molecule has 0 spiro atoms. The highest BCUT2D eigenvalue weighted by molar-refractivity contribution is 9.10. The molecule has 5 heteroatoms. The summed E-state index contributed by atoms with van der Waals surface area (Å²) < 4.78 is 6.70. The van der Waals surface area contributed by atoms with Gasteiger partial charge in [0.2, 0.25) is 5.91 Å². The van der Waals surface area contributed by atoms with Crippen LogP contribution in [0.2, 0.25) is 5.02 Å². The van der Waals surface area contributed by atoms with E-state index < -0.39 is 5.91 Å². The van der Waals surface area contributed by atoms with Gasteiger partial charge in [-0.25, -0.2) is 0 Å². The maximum atomic E-state index is 10.7. The van der Waals surface area contributed by atoms with Gasteiger partial charge in [-0.15, -0.1) is 0 Å². The van der Waals surface area contributed by atoms with Crippen molar-refractivity contribution in [3.8, 4) is 5.75 Å². The zero-order chi connectivity index (χ0) is 15.2. The minimum atomic E-state index is -0.498. The van der Waals surface area contributed by atoms with Crippen molar-refractivity contribution in [1.29, 1.82) is 0 Å². The Labute approximate surface area is 136 Å². The number of ether oxygens (including phenoxy) is 1. The second-order valence-corrected chi connectivity index (χ2v) is 5.66. The molecular weight excluding hydrogens is 354 g/mol. The molecule has 0 unspecified atom stereocenters. The highest BCUT2D eigenvalue weighted by Crippen LogP contribution is 2.27. The summed E-state index contributed by atoms with van der Waals surface area (Å²) in [5.74, 6) is 0.0949. The molecule has 2 aromatic rings. The number of amides is 1. The number of hydrogen-bond donors (Lipinski definition) is 1. The normalized spacial score (nSPS) is 10.8. The van der Waals surface area contributed by atoms with Gasteiger partial charge in [0.05, 0.1) is 5.02 Å². The van der Waals surface area contributed by atoms with Gasteiger partial charge in [-0.3, -0.25) is 4.79 Å². The molecule has 2 aromatic carbocycles. The lowest BCUT2D eigenvalue weighted by molar-refractivity contribution is -0.113. The first-order chi connectivity index (χ1) is 10.0. The summed E-state index contributed by atoms with van der Waals surface area (Å²) in [5, 5.41) is 0.485. The molecule has 0 radical (unpaired) electrons. The third-order valence-corrected chi connectivity index (χ3v) is 3.53. The number of nitrogens with two attached hydrogens (primary N) is 1. The van der Waals surface area contributed by atoms with Crippen molar-refractivity contribution in [3.05, 3.63) is 69.2 Å². The van der Waals surface area contributed by atoms with Gasteiger partial charge in [-0.1, -0.05) is 45.7 Å². The van der Waals surface area contributed by atoms with Crippen LogP contribution in [0.1, 0.15) is 11.1 Å². The van der Waals surface area contributed by atoms with Crippen LogP contribution in [0.15, 0.2) is 53.0 Å². The zero-order valence-corrected chi connectivity index (χ0v) is 13.4. The summed E-state index contributed by atoms with van der Waals surface area (Å²) in [6.07, 6.45) is 2.89. The molecule has 108 valence electrons. The second-order valence-electron chi connectivity index (χ2n) is 4.34. The molecule has 2 rings (SSSR count). The molecule has 1 amide bonds. The third kappa shape index (κ3) is 4.92. The van der Waals surface area contributed by atoms with E-state index in [1.54, 1.807) is 18.2 Å². The largest absolute Gasteiger partial charge is 0.487 e. The van der Waals surface area contributed by atoms with E-state index in [0.29, 0.717) is 17.4 Å². The van der Waals surface area contributed by atoms with Gasteiger partial charge >= 0.3 is 0 Å². The van der Waals surface area contributed by atoms with Gasteiger partial charge in [0.1, 0.15) is 12.4 Å². The van der Waals surface area contributed by atoms with Gasteiger partial charge in [-0.2, -0.15) is 0 Å². The van der Waals surface area contributed by atoms with Gasteiger partial charge < -0.3 is 10.5 Å². The molecule has 2 N–H and O–H groups in total. The molecule has 3 nitrogen and oxygen atoms in total. The summed E-state index contributed by atoms with van der Waals surface area (Å²) in [6, 6.07) is 13.2. The quantitative estimate of drug-likeness (QED) is 0.807. The Bertz CT molecular complexity index is 668. The predicted octanol–water partition coefficient (Wildman–Crippen LogP) is 4.18. The van der Waals surface area contributed by atoms with Crippen LogP contribution in [-0.2, 0) is 11.4 Å². The van der Waals surface area contributed by atoms with Crippen molar-refractivity contribution in [1.82, 2.24) is 0 Å². The van der Waals surface area contributed by atoms with Crippen LogP contribution in [-0.4, -0.2) is 5.91 Å². The van der Waals surface area contributed by atoms with Crippen molar-refractivity contribution in [2.24, 2.45) is 5.73 Å². The summed E-state index contributed by atoms with van der Waals surface area (Å²) in [4.78, 5) is 10.7. The standard InChI is InChI=1S/C16H13BrClNO2/c17-13-5-1-12(2-6-13)10-21-15-7-3-11(9-14(15)18)4-8-16(19)20/h1-9H,10H2,(H2,19,20)/b8-4+. The van der Waals surface area contributed by atoms with Gasteiger partial charge in [0.15, 0.2) is 0 Å². The number of carbonyl (C=O) groups excluding carboxylic acids is 1. The van der Waals surface area contributed by atoms with E-state index in [-0.39, 0.29) is 0 Å². The Morgan fingerprint density at radius 1 is 1.24 bits per heavy atom. The first-order valence-corrected chi connectivity index (χ1v) is 7.36. The second kappa shape index (κ2) is 7.29. The fourth-order valence-corrected chi connectivity index (χ4v) is 2.17. The van der Waals surface area contributed by atoms with Crippen LogP contribution in [0.3, 0.4) is 0 Å². The number of primary amides is 1. The highest BCUT2D eigenvalue weighted by Gasteiger charge is 2.03. The minimum Gasteiger partial charge on any atom is -0.487 e. The minimum absolute atomic E-state index is 0.434. The maximum Gasteiger partial charge on any atom is 0.241 e. The van der Waals surface area contributed by atoms with Gasteiger partial charge in [0.25, 0.3) is 0 Å². The molecule has 0 saturated carbocycles. The Hall–Kier alpha value is -1.78. The maximum absolute atomic E-state index is 10.7. The van der Waals surface area contributed by atoms with E-state index in [1.807, 2.05) is 30.3 Å². The van der Waals surface area contributed by atoms with E-state index in [2.05, 4.69) is 15.9 Å². The molecule has 21 heavy (non-hydrogen) atoms. The van der Waals surface area contributed by atoms with E-state index >= 15 is 0 Å². The van der Waals surface area contributed by atoms with Crippen molar-refractivity contribution in [2.45, 2.75) is 6.61 Å². The lowest BCUT2D eigenvalue weighted by Gasteiger charge is -2.09. The topological polar surface area (TPSA) is 52.3 Å². The Morgan fingerprint density at radius 3 is 2.57 bits per heavy atom. The number of rotatable bonds is 5. The number of halogens is 2. The molecule has 0 fully saturated rings. The van der Waals surface area contributed by atoms with Crippen LogP contribution >= 0.6 is 27.5 Å². The van der Waals surface area contributed by atoms with Crippen molar-refractivity contribution < 1.29 is 9.53 Å². The van der Waals surface area contributed by atoms with Crippen molar-refractivity contribution in [3.63, 3.8) is 0 Å². The van der Waals surface area contributed by atoms with Gasteiger partial charge in [-0.05, 0) is 41.5 Å². The van der Waals surface area contributed by atoms with E-state index in [0.717, 1.165) is 15.6 Å². The molecule has 0 aliphatic rings. The highest BCUT2D eigenvalue weighted by atomic mass is 79.9. The predicted molar refractivity (Wildman–Crippen MR) is 88.2 cm³/mol. The van der Waals surface area contributed by atoms with E-state index in [1.165, 1.54) is 6.08 Å². The van der Waals surface area contributed by atoms with Crippen LogP contribution < -0.4 is 10.5 Å². The lowest BCUT2D eigenvalue weighted by Crippen LogP contribution is -2.05. The SMILES string of the molecule is NC(=O)/C=C/c1ccc(OCc2ccc(Br)cc2)c(Cl)c1. The number of benzene rings is 2. The van der Waals surface area contributed by atoms with Gasteiger partial charge in [0, 0.05) is 10.5 Å². The summed E-state index contributed by atoms with van der Waals surface area (Å²) in [7, 11) is 0. The van der Waals surface area contributed by atoms with Crippen LogP contribution in [0.4, 0.5) is 0 Å². The Kier molecular flexibility index (Phi) is 5.42. The molecule has 0 saturated heterocycles. The third-order valence-electron chi connectivity index (χ3n) is 2.70. The molecule has 0 heterocycles. The Balaban J connectivity index is 2.04. The Morgan fingerprint density at radius 2 is 1.95 bits per heavy atom. The molecular formula is C16H13BrClNO2. The molecule has 0 aliphatic carbocycles. The average molecular weight is 367 g/mol. The molecule has 0 aromatic heterocycles. The average Bonchev–Trinajstić information content (AvgIpc) is 2.46. The smallest absolute Gasteiger partial charge is 0.241 e. The molecule has 0 bridgehead atoms. The number of hydrogen-bond acceptors (Lipinski definition) is 2. The van der Waals surface area contributed by atoms with E-state index in [4.69, 9.17) is 22.1 Å². The molecule has 0 atom stereocenters. The lowest BCUT2D eigenvalue weighted by atomic mass is 10.2. The summed E-state index contributed by atoms with van der Waals surface area (Å²) >= 11 is 9.54. The van der Waals surface area contributed by atoms with Crippen molar-refractivity contribution in [2.75, 3.05) is 0 Å². The fourth-order valence-electron chi connectivity index (χ4n) is 1.66. The molecule has 0 aliphatic heterocycles. The van der Waals surface area contributed by atoms with Crippen molar-refractivity contribution >= 4 is 39.5 Å². The van der Waals surface area contributed by atoms with Crippen LogP contribution in [0.25, 0.3) is 6.08 Å². The van der Waals surface area contributed by atoms with E-state index in [9.17, 15) is 4.79 Å². The van der Waals surface area contributed by atoms with Crippen LogP contribution in [0, 0.1) is 0 Å². The first kappa shape index (κ1) is 15.6. The first-order valence-electron chi connectivity index (χ1n) is 6.19. The zero-order valence-electron chi connectivity index (χ0n) is 11.1.